The molecule has 25 heavy (non-hydrogen) atoms. The number of nitrogens with zero attached hydrogens (tertiary/aromatic N) is 2. The zero-order chi connectivity index (χ0) is 17.5. The first kappa shape index (κ1) is 17.9. The lowest BCUT2D eigenvalue weighted by Crippen LogP contribution is -2.27. The maximum absolute atomic E-state index is 5.82. The molecule has 0 saturated carbocycles. The number of benzene rings is 1. The Kier molecular flexibility index (Phi) is 6.44. The second kappa shape index (κ2) is 8.99. The normalized spacial score (nSPS) is 11.0. The second-order valence-corrected chi connectivity index (χ2v) is 7.38. The molecular weight excluding hydrogens is 350 g/mol. The first-order valence-electron chi connectivity index (χ1n) is 8.49. The van der Waals surface area contributed by atoms with Gasteiger partial charge in [-0.3, -0.25) is 0 Å². The number of rotatable bonds is 9. The van der Waals surface area contributed by atoms with E-state index in [2.05, 4.69) is 45.9 Å². The van der Waals surface area contributed by atoms with Crippen molar-refractivity contribution in [2.24, 2.45) is 0 Å². The van der Waals surface area contributed by atoms with Crippen molar-refractivity contribution in [3.8, 4) is 16.2 Å². The molecule has 0 amide bonds. The van der Waals surface area contributed by atoms with Gasteiger partial charge in [-0.25, -0.2) is 4.98 Å². The number of ether oxygens (including phenoxy) is 1. The highest BCUT2D eigenvalue weighted by molar-refractivity contribution is 7.19. The molecule has 1 N–H and O–H groups in total. The summed E-state index contributed by atoms with van der Waals surface area (Å²) >= 11 is 3.36. The SMILES string of the molecule is CCN(CC)CCOc1ccc(Nc2ncc(-c3ccsc3)s2)cc1. The summed E-state index contributed by atoms with van der Waals surface area (Å²) in [5.74, 6) is 0.899. The van der Waals surface area contributed by atoms with E-state index in [1.165, 1.54) is 10.4 Å². The molecule has 2 heterocycles. The van der Waals surface area contributed by atoms with E-state index in [1.54, 1.807) is 22.7 Å². The summed E-state index contributed by atoms with van der Waals surface area (Å²) in [6.07, 6.45) is 1.92. The molecule has 0 spiro atoms. The van der Waals surface area contributed by atoms with Crippen molar-refractivity contribution < 1.29 is 4.74 Å². The van der Waals surface area contributed by atoms with E-state index in [-0.39, 0.29) is 0 Å². The van der Waals surface area contributed by atoms with Crippen molar-refractivity contribution in [3.05, 3.63) is 47.3 Å². The minimum atomic E-state index is 0.713. The molecule has 2 aromatic heterocycles. The van der Waals surface area contributed by atoms with Crippen molar-refractivity contribution in [1.29, 1.82) is 0 Å². The third-order valence-corrected chi connectivity index (χ3v) is 5.63. The van der Waals surface area contributed by atoms with Crippen LogP contribution < -0.4 is 10.1 Å². The van der Waals surface area contributed by atoms with Crippen LogP contribution in [-0.4, -0.2) is 36.1 Å². The molecule has 132 valence electrons. The first-order chi connectivity index (χ1) is 12.3. The first-order valence-corrected chi connectivity index (χ1v) is 10.2. The summed E-state index contributed by atoms with van der Waals surface area (Å²) in [4.78, 5) is 7.98. The van der Waals surface area contributed by atoms with Crippen LogP contribution in [0.2, 0.25) is 0 Å². The van der Waals surface area contributed by atoms with Crippen LogP contribution in [-0.2, 0) is 0 Å². The van der Waals surface area contributed by atoms with Crippen LogP contribution in [0.25, 0.3) is 10.4 Å². The molecule has 3 aromatic rings. The third kappa shape index (κ3) is 5.04. The lowest BCUT2D eigenvalue weighted by Gasteiger charge is -2.18. The zero-order valence-corrected chi connectivity index (χ0v) is 16.2. The summed E-state index contributed by atoms with van der Waals surface area (Å²) < 4.78 is 5.82. The molecule has 0 fully saturated rings. The smallest absolute Gasteiger partial charge is 0.187 e. The molecule has 0 aliphatic heterocycles. The Morgan fingerprint density at radius 3 is 2.60 bits per heavy atom. The van der Waals surface area contributed by atoms with Gasteiger partial charge in [0.25, 0.3) is 0 Å². The van der Waals surface area contributed by atoms with E-state index < -0.39 is 0 Å². The summed E-state index contributed by atoms with van der Waals surface area (Å²) in [6, 6.07) is 10.2. The van der Waals surface area contributed by atoms with Gasteiger partial charge in [-0.2, -0.15) is 11.3 Å². The Balaban J connectivity index is 1.52. The second-order valence-electron chi connectivity index (χ2n) is 5.57. The van der Waals surface area contributed by atoms with E-state index >= 15 is 0 Å². The maximum Gasteiger partial charge on any atom is 0.187 e. The van der Waals surface area contributed by atoms with Crippen molar-refractivity contribution in [3.63, 3.8) is 0 Å². The molecule has 0 atom stereocenters. The lowest BCUT2D eigenvalue weighted by molar-refractivity contribution is 0.223. The van der Waals surface area contributed by atoms with E-state index in [9.17, 15) is 0 Å². The van der Waals surface area contributed by atoms with Gasteiger partial charge in [0, 0.05) is 24.0 Å². The number of nitrogens with one attached hydrogen (secondary N) is 1. The number of thiophene rings is 1. The Morgan fingerprint density at radius 1 is 1.12 bits per heavy atom. The largest absolute Gasteiger partial charge is 0.492 e. The number of aromatic nitrogens is 1. The zero-order valence-electron chi connectivity index (χ0n) is 14.6. The van der Waals surface area contributed by atoms with E-state index in [0.29, 0.717) is 6.61 Å². The van der Waals surface area contributed by atoms with Gasteiger partial charge in [0.05, 0.1) is 4.88 Å². The molecule has 3 rings (SSSR count). The van der Waals surface area contributed by atoms with E-state index in [1.807, 2.05) is 30.5 Å². The molecule has 0 bridgehead atoms. The van der Waals surface area contributed by atoms with E-state index in [4.69, 9.17) is 4.74 Å². The molecule has 6 heteroatoms. The Morgan fingerprint density at radius 2 is 1.92 bits per heavy atom. The van der Waals surface area contributed by atoms with Crippen LogP contribution in [0.15, 0.2) is 47.3 Å². The van der Waals surface area contributed by atoms with Gasteiger partial charge in [-0.05, 0) is 54.2 Å². The highest BCUT2D eigenvalue weighted by Gasteiger charge is 2.05. The highest BCUT2D eigenvalue weighted by Crippen LogP contribution is 2.32. The average molecular weight is 374 g/mol. The fraction of sp³-hybridized carbons (Fsp3) is 0.316. The molecule has 0 saturated heterocycles. The molecule has 0 radical (unpaired) electrons. The molecule has 0 aliphatic carbocycles. The predicted molar refractivity (Wildman–Crippen MR) is 108 cm³/mol. The molecule has 1 aromatic carbocycles. The van der Waals surface area contributed by atoms with Gasteiger partial charge in [-0.15, -0.1) is 0 Å². The molecule has 4 nitrogen and oxygen atoms in total. The highest BCUT2D eigenvalue weighted by atomic mass is 32.1. The molecular formula is C19H23N3OS2. The van der Waals surface area contributed by atoms with Crippen molar-refractivity contribution in [1.82, 2.24) is 9.88 Å². The monoisotopic (exact) mass is 373 g/mol. The van der Waals surface area contributed by atoms with Gasteiger partial charge < -0.3 is 15.0 Å². The fourth-order valence-corrected chi connectivity index (χ4v) is 4.02. The van der Waals surface area contributed by atoms with Crippen molar-refractivity contribution in [2.45, 2.75) is 13.8 Å². The topological polar surface area (TPSA) is 37.4 Å². The number of anilines is 2. The van der Waals surface area contributed by atoms with Gasteiger partial charge in [-0.1, -0.05) is 25.2 Å². The summed E-state index contributed by atoms with van der Waals surface area (Å²) in [5.41, 5.74) is 2.25. The summed E-state index contributed by atoms with van der Waals surface area (Å²) in [5, 5.41) is 8.48. The van der Waals surface area contributed by atoms with Crippen LogP contribution in [0.5, 0.6) is 5.75 Å². The average Bonchev–Trinajstić information content (AvgIpc) is 3.32. The summed E-state index contributed by atoms with van der Waals surface area (Å²) in [7, 11) is 0. The van der Waals surface area contributed by atoms with Gasteiger partial charge in [0.1, 0.15) is 12.4 Å². The van der Waals surface area contributed by atoms with Crippen LogP contribution >= 0.6 is 22.7 Å². The standard InChI is InChI=1S/C19H23N3OS2/c1-3-22(4-2)10-11-23-17-7-5-16(6-8-17)21-19-20-13-18(25-19)15-9-12-24-14-15/h5-9,12-14H,3-4,10-11H2,1-2H3,(H,20,21). The van der Waals surface area contributed by atoms with Crippen molar-refractivity contribution in [2.75, 3.05) is 31.6 Å². The maximum atomic E-state index is 5.82. The quantitative estimate of drug-likeness (QED) is 0.550. The molecule has 0 aliphatic rings. The van der Waals surface area contributed by atoms with Crippen LogP contribution in [0.1, 0.15) is 13.8 Å². The Bertz CT molecular complexity index is 749. The summed E-state index contributed by atoms with van der Waals surface area (Å²) in [6.45, 7) is 8.13. The number of likely N-dealkylation sites (N-methyl/N-ethyl adjacent to an activating group) is 1. The van der Waals surface area contributed by atoms with Crippen LogP contribution in [0, 0.1) is 0 Å². The minimum absolute atomic E-state index is 0.713. The number of hydrogen-bond donors (Lipinski definition) is 1. The Labute approximate surface area is 157 Å². The lowest BCUT2D eigenvalue weighted by atomic mass is 10.3. The number of hydrogen-bond acceptors (Lipinski definition) is 6. The van der Waals surface area contributed by atoms with Crippen molar-refractivity contribution >= 4 is 33.5 Å². The van der Waals surface area contributed by atoms with Gasteiger partial charge in [0.2, 0.25) is 0 Å². The minimum Gasteiger partial charge on any atom is -0.492 e. The Hall–Kier alpha value is -1.89. The number of thiazole rings is 1. The van der Waals surface area contributed by atoms with Crippen LogP contribution in [0.3, 0.4) is 0 Å². The van der Waals surface area contributed by atoms with Crippen LogP contribution in [0.4, 0.5) is 10.8 Å². The van der Waals surface area contributed by atoms with Gasteiger partial charge in [0.15, 0.2) is 5.13 Å². The van der Waals surface area contributed by atoms with E-state index in [0.717, 1.165) is 36.2 Å². The van der Waals surface area contributed by atoms with Gasteiger partial charge >= 0.3 is 0 Å². The fourth-order valence-electron chi connectivity index (χ4n) is 2.46. The molecule has 0 unspecified atom stereocenters. The predicted octanol–water partition coefficient (Wildman–Crippen LogP) is 5.34. The third-order valence-electron chi connectivity index (χ3n) is 3.99.